The highest BCUT2D eigenvalue weighted by atomic mass is 32.1. The van der Waals surface area contributed by atoms with Gasteiger partial charge < -0.3 is 14.9 Å². The fourth-order valence-corrected chi connectivity index (χ4v) is 4.27. The van der Waals surface area contributed by atoms with Crippen LogP contribution < -0.4 is 0 Å². The number of hydrogen-bond donors (Lipinski definition) is 1. The summed E-state index contributed by atoms with van der Waals surface area (Å²) in [5.74, 6) is -1.43. The Hall–Kier alpha value is -1.89. The molecule has 3 rings (SSSR count). The molecule has 0 radical (unpaired) electrons. The molecule has 0 aliphatic carbocycles. The van der Waals surface area contributed by atoms with Gasteiger partial charge in [0.15, 0.2) is 0 Å². The minimum absolute atomic E-state index is 0.0138. The van der Waals surface area contributed by atoms with E-state index in [0.29, 0.717) is 38.8 Å². The molecule has 3 heterocycles. The van der Waals surface area contributed by atoms with Gasteiger partial charge in [-0.05, 0) is 37.1 Å². The van der Waals surface area contributed by atoms with Crippen LogP contribution in [0.25, 0.3) is 0 Å². The summed E-state index contributed by atoms with van der Waals surface area (Å²) in [5, 5.41) is 11.1. The molecule has 0 bridgehead atoms. The molecule has 0 saturated carbocycles. The molecule has 24 heavy (non-hydrogen) atoms. The van der Waals surface area contributed by atoms with Crippen LogP contribution in [0.5, 0.6) is 0 Å². The summed E-state index contributed by atoms with van der Waals surface area (Å²) in [5.41, 5.74) is 0. The van der Waals surface area contributed by atoms with Gasteiger partial charge in [0.05, 0.1) is 12.3 Å². The first-order chi connectivity index (χ1) is 11.6. The standard InChI is InChI=1S/C17H22N2O4S/c20-15(10-13-5-3-9-24-13)19-8-2-6-14(19)16(21)18-7-1-4-12(11-18)17(22)23/h3,5,9,12,14H,1-2,4,6-8,10-11H2,(H,22,23)/t12-,14+/m1/s1. The first kappa shape index (κ1) is 17.0. The first-order valence-corrected chi connectivity index (χ1v) is 9.27. The van der Waals surface area contributed by atoms with Crippen LogP contribution in [-0.2, 0) is 20.8 Å². The number of carbonyl (C=O) groups is 3. The zero-order chi connectivity index (χ0) is 17.1. The third kappa shape index (κ3) is 3.61. The average Bonchev–Trinajstić information content (AvgIpc) is 3.25. The van der Waals surface area contributed by atoms with Crippen LogP contribution in [0.4, 0.5) is 0 Å². The topological polar surface area (TPSA) is 77.9 Å². The van der Waals surface area contributed by atoms with Crippen LogP contribution in [-0.4, -0.2) is 58.4 Å². The molecule has 6 nitrogen and oxygen atoms in total. The number of thiophene rings is 1. The highest BCUT2D eigenvalue weighted by molar-refractivity contribution is 7.10. The first-order valence-electron chi connectivity index (χ1n) is 8.39. The number of aliphatic carboxylic acids is 1. The molecule has 2 amide bonds. The fraction of sp³-hybridized carbons (Fsp3) is 0.588. The quantitative estimate of drug-likeness (QED) is 0.895. The van der Waals surface area contributed by atoms with Gasteiger partial charge in [0.1, 0.15) is 6.04 Å². The molecule has 1 N–H and O–H groups in total. The Morgan fingerprint density at radius 3 is 2.71 bits per heavy atom. The van der Waals surface area contributed by atoms with E-state index >= 15 is 0 Å². The lowest BCUT2D eigenvalue weighted by molar-refractivity contribution is -0.149. The summed E-state index contributed by atoms with van der Waals surface area (Å²) in [6.45, 7) is 1.46. The molecule has 1 aromatic rings. The maximum absolute atomic E-state index is 12.8. The molecule has 2 saturated heterocycles. The molecule has 1 aromatic heterocycles. The second kappa shape index (κ2) is 7.34. The number of nitrogens with zero attached hydrogens (tertiary/aromatic N) is 2. The van der Waals surface area contributed by atoms with Crippen LogP contribution in [0.3, 0.4) is 0 Å². The SMILES string of the molecule is O=C(O)[C@@H]1CCCN(C(=O)[C@@H]2CCCN2C(=O)Cc2cccs2)C1. The number of hydrogen-bond acceptors (Lipinski definition) is 4. The van der Waals surface area contributed by atoms with Gasteiger partial charge in [-0.15, -0.1) is 11.3 Å². The van der Waals surface area contributed by atoms with Gasteiger partial charge in [0.25, 0.3) is 0 Å². The van der Waals surface area contributed by atoms with Gasteiger partial charge in [0.2, 0.25) is 11.8 Å². The minimum Gasteiger partial charge on any atom is -0.481 e. The predicted molar refractivity (Wildman–Crippen MR) is 89.7 cm³/mol. The van der Waals surface area contributed by atoms with Crippen LogP contribution in [0.1, 0.15) is 30.6 Å². The van der Waals surface area contributed by atoms with Gasteiger partial charge in [-0.1, -0.05) is 6.07 Å². The van der Waals surface area contributed by atoms with Crippen molar-refractivity contribution in [1.29, 1.82) is 0 Å². The number of amides is 2. The smallest absolute Gasteiger partial charge is 0.308 e. The lowest BCUT2D eigenvalue weighted by atomic mass is 9.97. The zero-order valence-electron chi connectivity index (χ0n) is 13.5. The minimum atomic E-state index is -0.843. The Morgan fingerprint density at radius 2 is 2.00 bits per heavy atom. The third-order valence-corrected chi connectivity index (χ3v) is 5.72. The molecule has 130 valence electrons. The van der Waals surface area contributed by atoms with Gasteiger partial charge in [0, 0.05) is 24.5 Å². The second-order valence-corrected chi connectivity index (χ2v) is 7.50. The number of carboxylic acid groups (broad SMARTS) is 1. The second-order valence-electron chi connectivity index (χ2n) is 6.46. The van der Waals surface area contributed by atoms with Crippen molar-refractivity contribution < 1.29 is 19.5 Å². The number of carboxylic acids is 1. The maximum atomic E-state index is 12.8. The number of likely N-dealkylation sites (tertiary alicyclic amines) is 2. The summed E-state index contributed by atoms with van der Waals surface area (Å²) in [4.78, 5) is 40.9. The van der Waals surface area contributed by atoms with E-state index in [-0.39, 0.29) is 18.4 Å². The Morgan fingerprint density at radius 1 is 1.21 bits per heavy atom. The van der Waals surface area contributed by atoms with Crippen molar-refractivity contribution in [3.8, 4) is 0 Å². The number of piperidine rings is 1. The van der Waals surface area contributed by atoms with Crippen molar-refractivity contribution >= 4 is 29.1 Å². The molecular weight excluding hydrogens is 328 g/mol. The third-order valence-electron chi connectivity index (χ3n) is 4.85. The van der Waals surface area contributed by atoms with E-state index in [4.69, 9.17) is 0 Å². The largest absolute Gasteiger partial charge is 0.481 e. The molecule has 2 aliphatic rings. The predicted octanol–water partition coefficient (Wildman–Crippen LogP) is 1.60. The Labute approximate surface area is 145 Å². The molecule has 0 spiro atoms. The molecule has 2 atom stereocenters. The van der Waals surface area contributed by atoms with E-state index < -0.39 is 17.9 Å². The lowest BCUT2D eigenvalue weighted by Gasteiger charge is -2.34. The highest BCUT2D eigenvalue weighted by Gasteiger charge is 2.38. The fourth-order valence-electron chi connectivity index (χ4n) is 3.58. The maximum Gasteiger partial charge on any atom is 0.308 e. The van der Waals surface area contributed by atoms with Gasteiger partial charge >= 0.3 is 5.97 Å². The zero-order valence-corrected chi connectivity index (χ0v) is 14.3. The highest BCUT2D eigenvalue weighted by Crippen LogP contribution is 2.24. The van der Waals surface area contributed by atoms with Gasteiger partial charge in [-0.2, -0.15) is 0 Å². The summed E-state index contributed by atoms with van der Waals surface area (Å²) < 4.78 is 0. The van der Waals surface area contributed by atoms with Crippen LogP contribution in [0.2, 0.25) is 0 Å². The molecule has 2 fully saturated rings. The lowest BCUT2D eigenvalue weighted by Crippen LogP contribution is -2.51. The normalized spacial score (nSPS) is 24.2. The van der Waals surface area contributed by atoms with Gasteiger partial charge in [-0.25, -0.2) is 0 Å². The Balaban J connectivity index is 1.64. The van der Waals surface area contributed by atoms with E-state index in [1.807, 2.05) is 17.5 Å². The van der Waals surface area contributed by atoms with E-state index in [9.17, 15) is 19.5 Å². The van der Waals surface area contributed by atoms with Crippen molar-refractivity contribution in [2.45, 2.75) is 38.1 Å². The van der Waals surface area contributed by atoms with Crippen LogP contribution in [0.15, 0.2) is 17.5 Å². The van der Waals surface area contributed by atoms with Gasteiger partial charge in [-0.3, -0.25) is 14.4 Å². The molecule has 0 aromatic carbocycles. The van der Waals surface area contributed by atoms with E-state index in [0.717, 1.165) is 11.3 Å². The number of rotatable bonds is 4. The summed E-state index contributed by atoms with van der Waals surface area (Å²) in [6.07, 6.45) is 3.15. The molecule has 0 unspecified atom stereocenters. The van der Waals surface area contributed by atoms with Crippen molar-refractivity contribution in [3.05, 3.63) is 22.4 Å². The molecule has 2 aliphatic heterocycles. The summed E-state index contributed by atoms with van der Waals surface area (Å²) >= 11 is 1.54. The molecule has 7 heteroatoms. The van der Waals surface area contributed by atoms with Crippen molar-refractivity contribution in [2.75, 3.05) is 19.6 Å². The van der Waals surface area contributed by atoms with Crippen LogP contribution >= 0.6 is 11.3 Å². The Bertz CT molecular complexity index is 616. The monoisotopic (exact) mass is 350 g/mol. The Kier molecular flexibility index (Phi) is 5.18. The van der Waals surface area contributed by atoms with Crippen molar-refractivity contribution in [3.63, 3.8) is 0 Å². The van der Waals surface area contributed by atoms with E-state index in [1.54, 1.807) is 21.1 Å². The molecular formula is C17H22N2O4S. The van der Waals surface area contributed by atoms with E-state index in [2.05, 4.69) is 0 Å². The van der Waals surface area contributed by atoms with E-state index in [1.165, 1.54) is 0 Å². The van der Waals surface area contributed by atoms with Crippen LogP contribution in [0, 0.1) is 5.92 Å². The average molecular weight is 350 g/mol. The van der Waals surface area contributed by atoms with Crippen molar-refractivity contribution in [2.24, 2.45) is 5.92 Å². The van der Waals surface area contributed by atoms with Crippen molar-refractivity contribution in [1.82, 2.24) is 9.80 Å². The number of carbonyl (C=O) groups excluding carboxylic acids is 2. The summed E-state index contributed by atoms with van der Waals surface area (Å²) in [7, 11) is 0. The summed E-state index contributed by atoms with van der Waals surface area (Å²) in [6, 6.07) is 3.42.